The van der Waals surface area contributed by atoms with Gasteiger partial charge in [-0.05, 0) is 34.8 Å². The summed E-state index contributed by atoms with van der Waals surface area (Å²) < 4.78 is 26.1. The molecule has 2 N–H and O–H groups in total. The Morgan fingerprint density at radius 1 is 1.26 bits per heavy atom. The first-order valence-corrected chi connectivity index (χ1v) is 7.45. The SMILES string of the molecule is NCC1(c2cc3c(c(Br)c2F)OCCO3)CCCC1. The monoisotopic (exact) mass is 329 g/mol. The van der Waals surface area contributed by atoms with Crippen LogP contribution < -0.4 is 15.2 Å². The van der Waals surface area contributed by atoms with Crippen LogP contribution in [0.3, 0.4) is 0 Å². The maximum absolute atomic E-state index is 14.6. The molecule has 0 radical (unpaired) electrons. The topological polar surface area (TPSA) is 44.5 Å². The molecule has 1 aromatic carbocycles. The van der Waals surface area contributed by atoms with E-state index in [0.717, 1.165) is 25.7 Å². The van der Waals surface area contributed by atoms with Crippen molar-refractivity contribution in [2.24, 2.45) is 5.73 Å². The summed E-state index contributed by atoms with van der Waals surface area (Å²) in [6.07, 6.45) is 4.07. The highest BCUT2D eigenvalue weighted by Crippen LogP contribution is 2.48. The minimum absolute atomic E-state index is 0.248. The van der Waals surface area contributed by atoms with Crippen LogP contribution in [0.5, 0.6) is 11.5 Å². The standard InChI is InChI=1S/C14H17BrFNO2/c15-11-12(16)9(14(8-17)3-1-2-4-14)7-10-13(11)19-6-5-18-10/h7H,1-6,8,17H2. The van der Waals surface area contributed by atoms with Crippen molar-refractivity contribution in [1.82, 2.24) is 0 Å². The summed E-state index contributed by atoms with van der Waals surface area (Å²) in [5.41, 5.74) is 6.36. The van der Waals surface area contributed by atoms with Crippen molar-refractivity contribution in [1.29, 1.82) is 0 Å². The lowest BCUT2D eigenvalue weighted by Crippen LogP contribution is -2.33. The van der Waals surface area contributed by atoms with Crippen LogP contribution in [0.25, 0.3) is 0 Å². The molecule has 0 spiro atoms. The number of nitrogens with two attached hydrogens (primary N) is 1. The Morgan fingerprint density at radius 2 is 1.95 bits per heavy atom. The van der Waals surface area contributed by atoms with Crippen LogP contribution in [0, 0.1) is 5.82 Å². The molecule has 1 saturated carbocycles. The highest BCUT2D eigenvalue weighted by Gasteiger charge is 2.38. The highest BCUT2D eigenvalue weighted by molar-refractivity contribution is 9.10. The molecule has 0 bridgehead atoms. The molecule has 0 aromatic heterocycles. The van der Waals surface area contributed by atoms with Crippen molar-refractivity contribution in [2.45, 2.75) is 31.1 Å². The van der Waals surface area contributed by atoms with Crippen LogP contribution in [-0.4, -0.2) is 19.8 Å². The zero-order valence-corrected chi connectivity index (χ0v) is 12.3. The van der Waals surface area contributed by atoms with E-state index < -0.39 is 0 Å². The number of hydrogen-bond donors (Lipinski definition) is 1. The summed E-state index contributed by atoms with van der Waals surface area (Å²) >= 11 is 3.30. The van der Waals surface area contributed by atoms with Gasteiger partial charge in [0.1, 0.15) is 19.0 Å². The molecule has 0 amide bonds. The molecule has 0 atom stereocenters. The van der Waals surface area contributed by atoms with Crippen LogP contribution in [0.15, 0.2) is 10.5 Å². The first-order chi connectivity index (χ1) is 9.18. The van der Waals surface area contributed by atoms with Crippen molar-refractivity contribution in [2.75, 3.05) is 19.8 Å². The van der Waals surface area contributed by atoms with Gasteiger partial charge in [-0.15, -0.1) is 0 Å². The largest absolute Gasteiger partial charge is 0.486 e. The van der Waals surface area contributed by atoms with Crippen molar-refractivity contribution in [3.8, 4) is 11.5 Å². The Balaban J connectivity index is 2.13. The summed E-state index contributed by atoms with van der Waals surface area (Å²) in [5.74, 6) is 0.837. The first kappa shape index (κ1) is 13.2. The highest BCUT2D eigenvalue weighted by atomic mass is 79.9. The molecule has 0 unspecified atom stereocenters. The molecule has 1 heterocycles. The number of ether oxygens (including phenoxy) is 2. The van der Waals surface area contributed by atoms with Gasteiger partial charge in [-0.1, -0.05) is 12.8 Å². The lowest BCUT2D eigenvalue weighted by atomic mass is 9.78. The molecule has 1 aliphatic heterocycles. The van der Waals surface area contributed by atoms with Gasteiger partial charge in [-0.25, -0.2) is 4.39 Å². The molecule has 104 valence electrons. The number of benzene rings is 1. The van der Waals surface area contributed by atoms with Gasteiger partial charge in [0.2, 0.25) is 0 Å². The molecule has 1 aliphatic carbocycles. The zero-order valence-electron chi connectivity index (χ0n) is 10.7. The quantitative estimate of drug-likeness (QED) is 0.906. The normalized spacial score (nSPS) is 20.6. The molecule has 1 fully saturated rings. The fourth-order valence-electron chi connectivity index (χ4n) is 3.14. The van der Waals surface area contributed by atoms with Gasteiger partial charge in [0.05, 0.1) is 4.47 Å². The van der Waals surface area contributed by atoms with Crippen LogP contribution in [0.1, 0.15) is 31.2 Å². The Labute approximate surface area is 120 Å². The van der Waals surface area contributed by atoms with Crippen molar-refractivity contribution in [3.05, 3.63) is 21.9 Å². The van der Waals surface area contributed by atoms with E-state index in [-0.39, 0.29) is 11.2 Å². The molecule has 3 nitrogen and oxygen atoms in total. The third kappa shape index (κ3) is 2.03. The van der Waals surface area contributed by atoms with E-state index in [0.29, 0.717) is 41.3 Å². The summed E-state index contributed by atoms with van der Waals surface area (Å²) in [7, 11) is 0. The molecule has 3 rings (SSSR count). The van der Waals surface area contributed by atoms with E-state index in [2.05, 4.69) is 15.9 Å². The lowest BCUT2D eigenvalue weighted by Gasteiger charge is -2.30. The predicted molar refractivity (Wildman–Crippen MR) is 74.3 cm³/mol. The maximum atomic E-state index is 14.6. The van der Waals surface area contributed by atoms with Gasteiger partial charge in [0, 0.05) is 17.5 Å². The van der Waals surface area contributed by atoms with Gasteiger partial charge < -0.3 is 15.2 Å². The van der Waals surface area contributed by atoms with E-state index >= 15 is 0 Å². The average Bonchev–Trinajstić information content (AvgIpc) is 2.93. The van der Waals surface area contributed by atoms with E-state index in [9.17, 15) is 4.39 Å². The van der Waals surface area contributed by atoms with Gasteiger partial charge in [-0.3, -0.25) is 0 Å². The summed E-state index contributed by atoms with van der Waals surface area (Å²) in [6, 6.07) is 1.78. The number of fused-ring (bicyclic) bond motifs is 1. The van der Waals surface area contributed by atoms with Gasteiger partial charge in [-0.2, -0.15) is 0 Å². The van der Waals surface area contributed by atoms with Crippen molar-refractivity contribution < 1.29 is 13.9 Å². The fraction of sp³-hybridized carbons (Fsp3) is 0.571. The van der Waals surface area contributed by atoms with E-state index in [1.54, 1.807) is 6.07 Å². The zero-order chi connectivity index (χ0) is 13.5. The fourth-order valence-corrected chi connectivity index (χ4v) is 3.67. The second-order valence-corrected chi connectivity index (χ2v) is 6.06. The summed E-state index contributed by atoms with van der Waals surface area (Å²) in [5, 5.41) is 0. The predicted octanol–water partition coefficient (Wildman–Crippen LogP) is 3.13. The van der Waals surface area contributed by atoms with Crippen LogP contribution >= 0.6 is 15.9 Å². The average molecular weight is 330 g/mol. The molecular weight excluding hydrogens is 313 g/mol. The number of rotatable bonds is 2. The van der Waals surface area contributed by atoms with Crippen LogP contribution in [0.2, 0.25) is 0 Å². The molecule has 5 heteroatoms. The van der Waals surface area contributed by atoms with Crippen molar-refractivity contribution in [3.63, 3.8) is 0 Å². The Morgan fingerprint density at radius 3 is 2.63 bits per heavy atom. The Hall–Kier alpha value is -0.810. The number of hydrogen-bond acceptors (Lipinski definition) is 3. The smallest absolute Gasteiger partial charge is 0.178 e. The lowest BCUT2D eigenvalue weighted by molar-refractivity contribution is 0.168. The van der Waals surface area contributed by atoms with E-state index in [1.165, 1.54) is 0 Å². The second-order valence-electron chi connectivity index (χ2n) is 5.27. The van der Waals surface area contributed by atoms with Crippen LogP contribution in [0.4, 0.5) is 4.39 Å². The molecule has 1 aromatic rings. The van der Waals surface area contributed by atoms with Crippen molar-refractivity contribution >= 4 is 15.9 Å². The molecule has 2 aliphatic rings. The van der Waals surface area contributed by atoms with Gasteiger partial charge in [0.25, 0.3) is 0 Å². The Bertz CT molecular complexity index is 501. The summed E-state index contributed by atoms with van der Waals surface area (Å²) in [4.78, 5) is 0. The Kier molecular flexibility index (Phi) is 3.43. The maximum Gasteiger partial charge on any atom is 0.178 e. The van der Waals surface area contributed by atoms with Gasteiger partial charge >= 0.3 is 0 Å². The second kappa shape index (κ2) is 4.94. The summed E-state index contributed by atoms with van der Waals surface area (Å²) in [6.45, 7) is 1.42. The first-order valence-electron chi connectivity index (χ1n) is 6.66. The number of halogens is 2. The molecule has 0 saturated heterocycles. The molecular formula is C14H17BrFNO2. The van der Waals surface area contributed by atoms with E-state index in [1.807, 2.05) is 0 Å². The third-order valence-electron chi connectivity index (χ3n) is 4.24. The third-order valence-corrected chi connectivity index (χ3v) is 4.95. The molecule has 19 heavy (non-hydrogen) atoms. The minimum Gasteiger partial charge on any atom is -0.486 e. The minimum atomic E-state index is -0.253. The van der Waals surface area contributed by atoms with Gasteiger partial charge in [0.15, 0.2) is 11.5 Å². The van der Waals surface area contributed by atoms with Crippen LogP contribution in [-0.2, 0) is 5.41 Å². The van der Waals surface area contributed by atoms with E-state index in [4.69, 9.17) is 15.2 Å².